The van der Waals surface area contributed by atoms with E-state index in [2.05, 4.69) is 24.9 Å². The Hall–Kier alpha value is -0.600. The van der Waals surface area contributed by atoms with Crippen LogP contribution in [-0.4, -0.2) is 6.54 Å². The minimum atomic E-state index is 0.357. The number of fused-ring (bicyclic) bond motifs is 1. The molecule has 0 saturated carbocycles. The maximum atomic E-state index is 3.94. The smallest absolute Gasteiger partial charge is 0.0598 e. The molecule has 16 heavy (non-hydrogen) atoms. The zero-order valence-corrected chi connectivity index (χ0v) is 10.9. The van der Waals surface area contributed by atoms with Crippen molar-refractivity contribution in [3.63, 3.8) is 0 Å². The van der Waals surface area contributed by atoms with E-state index in [1.165, 1.54) is 37.0 Å². The fourth-order valence-corrected chi connectivity index (χ4v) is 3.60. The SMILES string of the molecule is C=CC(NCCC)c1cc2c(s1)CCCC2. The molecule has 2 heteroatoms. The first-order valence-electron chi connectivity index (χ1n) is 6.32. The van der Waals surface area contributed by atoms with E-state index in [-0.39, 0.29) is 0 Å². The van der Waals surface area contributed by atoms with E-state index >= 15 is 0 Å². The van der Waals surface area contributed by atoms with Crippen LogP contribution < -0.4 is 5.32 Å². The fraction of sp³-hybridized carbons (Fsp3) is 0.571. The van der Waals surface area contributed by atoms with Gasteiger partial charge in [-0.15, -0.1) is 17.9 Å². The number of rotatable bonds is 5. The Labute approximate surface area is 103 Å². The maximum absolute atomic E-state index is 3.94. The van der Waals surface area contributed by atoms with Gasteiger partial charge in [-0.3, -0.25) is 0 Å². The molecular formula is C14H21NS. The number of aryl methyl sites for hydroxylation is 2. The summed E-state index contributed by atoms with van der Waals surface area (Å²) in [5.41, 5.74) is 1.59. The molecule has 1 aromatic rings. The molecule has 1 N–H and O–H groups in total. The largest absolute Gasteiger partial charge is 0.306 e. The summed E-state index contributed by atoms with van der Waals surface area (Å²) in [6.45, 7) is 7.21. The van der Waals surface area contributed by atoms with Crippen molar-refractivity contribution in [1.29, 1.82) is 0 Å². The van der Waals surface area contributed by atoms with Gasteiger partial charge in [0, 0.05) is 9.75 Å². The van der Waals surface area contributed by atoms with Crippen LogP contribution >= 0.6 is 11.3 Å². The van der Waals surface area contributed by atoms with Crippen molar-refractivity contribution in [2.45, 2.75) is 45.1 Å². The van der Waals surface area contributed by atoms with Crippen molar-refractivity contribution < 1.29 is 0 Å². The summed E-state index contributed by atoms with van der Waals surface area (Å²) >= 11 is 1.98. The molecule has 88 valence electrons. The lowest BCUT2D eigenvalue weighted by molar-refractivity contribution is 0.620. The van der Waals surface area contributed by atoms with Gasteiger partial charge >= 0.3 is 0 Å². The van der Waals surface area contributed by atoms with Crippen LogP contribution in [0.15, 0.2) is 18.7 Å². The molecule has 0 aliphatic heterocycles. The van der Waals surface area contributed by atoms with Gasteiger partial charge in [-0.2, -0.15) is 0 Å². The molecule has 1 aliphatic carbocycles. The third-order valence-corrected chi connectivity index (χ3v) is 4.49. The Balaban J connectivity index is 2.12. The summed E-state index contributed by atoms with van der Waals surface area (Å²) in [5, 5.41) is 3.54. The summed E-state index contributed by atoms with van der Waals surface area (Å²) in [6.07, 6.45) is 8.52. The van der Waals surface area contributed by atoms with Gasteiger partial charge in [0.25, 0.3) is 0 Å². The topological polar surface area (TPSA) is 12.0 Å². The lowest BCUT2D eigenvalue weighted by Gasteiger charge is -2.11. The molecule has 0 saturated heterocycles. The molecule has 0 aromatic carbocycles. The number of hydrogen-bond acceptors (Lipinski definition) is 2. The lowest BCUT2D eigenvalue weighted by atomic mass is 9.99. The van der Waals surface area contributed by atoms with Crippen molar-refractivity contribution in [1.82, 2.24) is 5.32 Å². The molecule has 0 radical (unpaired) electrons. The molecular weight excluding hydrogens is 214 g/mol. The highest BCUT2D eigenvalue weighted by Gasteiger charge is 2.16. The minimum Gasteiger partial charge on any atom is -0.306 e. The van der Waals surface area contributed by atoms with Crippen LogP contribution in [0.3, 0.4) is 0 Å². The van der Waals surface area contributed by atoms with E-state index < -0.39 is 0 Å². The van der Waals surface area contributed by atoms with Crippen molar-refractivity contribution in [3.05, 3.63) is 34.0 Å². The average Bonchev–Trinajstić information content (AvgIpc) is 2.73. The number of nitrogens with one attached hydrogen (secondary N) is 1. The second-order valence-corrected chi connectivity index (χ2v) is 5.64. The summed E-state index contributed by atoms with van der Waals surface area (Å²) in [6, 6.07) is 2.75. The van der Waals surface area contributed by atoms with E-state index in [1.807, 2.05) is 17.4 Å². The predicted octanol–water partition coefficient (Wildman–Crippen LogP) is 3.85. The van der Waals surface area contributed by atoms with Gasteiger partial charge in [-0.05, 0) is 50.3 Å². The van der Waals surface area contributed by atoms with Crippen molar-refractivity contribution >= 4 is 11.3 Å². The monoisotopic (exact) mass is 235 g/mol. The molecule has 0 fully saturated rings. The fourth-order valence-electron chi connectivity index (χ4n) is 2.27. The summed E-state index contributed by atoms with van der Waals surface area (Å²) in [5.74, 6) is 0. The Bertz CT molecular complexity index is 330. The van der Waals surface area contributed by atoms with Gasteiger partial charge in [0.15, 0.2) is 0 Å². The van der Waals surface area contributed by atoms with E-state index in [0.29, 0.717) is 6.04 Å². The second kappa shape index (κ2) is 5.65. The maximum Gasteiger partial charge on any atom is 0.0598 e. The quantitative estimate of drug-likeness (QED) is 0.764. The van der Waals surface area contributed by atoms with Crippen molar-refractivity contribution in [2.24, 2.45) is 0 Å². The van der Waals surface area contributed by atoms with Gasteiger partial charge in [0.05, 0.1) is 6.04 Å². The van der Waals surface area contributed by atoms with Crippen LogP contribution in [0.2, 0.25) is 0 Å². The lowest BCUT2D eigenvalue weighted by Crippen LogP contribution is -2.19. The van der Waals surface area contributed by atoms with Crippen LogP contribution in [0, 0.1) is 0 Å². The third-order valence-electron chi connectivity index (χ3n) is 3.17. The van der Waals surface area contributed by atoms with Crippen LogP contribution in [0.1, 0.15) is 47.5 Å². The van der Waals surface area contributed by atoms with Crippen molar-refractivity contribution in [3.8, 4) is 0 Å². The molecule has 1 unspecified atom stereocenters. The first-order valence-corrected chi connectivity index (χ1v) is 7.14. The molecule has 1 aliphatic rings. The van der Waals surface area contributed by atoms with Crippen LogP contribution in [-0.2, 0) is 12.8 Å². The average molecular weight is 235 g/mol. The summed E-state index contributed by atoms with van der Waals surface area (Å²) in [4.78, 5) is 3.07. The number of thiophene rings is 1. The normalized spacial score (nSPS) is 16.8. The van der Waals surface area contributed by atoms with E-state index in [0.717, 1.165) is 6.54 Å². The standard InChI is InChI=1S/C14H21NS/c1-3-9-15-12(4-2)14-10-11-7-5-6-8-13(11)16-14/h4,10,12,15H,2-3,5-9H2,1H3. The molecule has 1 heterocycles. The summed E-state index contributed by atoms with van der Waals surface area (Å²) in [7, 11) is 0. The zero-order valence-electron chi connectivity index (χ0n) is 10.1. The van der Waals surface area contributed by atoms with E-state index in [9.17, 15) is 0 Å². The Kier molecular flexibility index (Phi) is 4.19. The molecule has 0 bridgehead atoms. The highest BCUT2D eigenvalue weighted by Crippen LogP contribution is 2.33. The predicted molar refractivity (Wildman–Crippen MR) is 72.2 cm³/mol. The molecule has 1 aromatic heterocycles. The molecule has 1 nitrogen and oxygen atoms in total. The van der Waals surface area contributed by atoms with Crippen LogP contribution in [0.25, 0.3) is 0 Å². The van der Waals surface area contributed by atoms with Crippen LogP contribution in [0.5, 0.6) is 0 Å². The Morgan fingerprint density at radius 1 is 1.50 bits per heavy atom. The Morgan fingerprint density at radius 3 is 3.00 bits per heavy atom. The third kappa shape index (κ3) is 2.55. The van der Waals surface area contributed by atoms with E-state index in [4.69, 9.17) is 0 Å². The van der Waals surface area contributed by atoms with Crippen LogP contribution in [0.4, 0.5) is 0 Å². The second-order valence-electron chi connectivity index (χ2n) is 4.47. The number of hydrogen-bond donors (Lipinski definition) is 1. The highest BCUT2D eigenvalue weighted by molar-refractivity contribution is 7.12. The summed E-state index contributed by atoms with van der Waals surface area (Å²) < 4.78 is 0. The van der Waals surface area contributed by atoms with Gasteiger partial charge in [-0.1, -0.05) is 13.0 Å². The van der Waals surface area contributed by atoms with Gasteiger partial charge in [0.2, 0.25) is 0 Å². The van der Waals surface area contributed by atoms with Crippen molar-refractivity contribution in [2.75, 3.05) is 6.54 Å². The molecule has 2 rings (SSSR count). The first-order chi connectivity index (χ1) is 7.85. The van der Waals surface area contributed by atoms with Gasteiger partial charge in [-0.25, -0.2) is 0 Å². The van der Waals surface area contributed by atoms with Gasteiger partial charge in [0.1, 0.15) is 0 Å². The highest BCUT2D eigenvalue weighted by atomic mass is 32.1. The molecule has 0 amide bonds. The van der Waals surface area contributed by atoms with E-state index in [1.54, 1.807) is 10.4 Å². The first kappa shape index (κ1) is 11.9. The Morgan fingerprint density at radius 2 is 2.31 bits per heavy atom. The zero-order chi connectivity index (χ0) is 11.4. The van der Waals surface area contributed by atoms with Gasteiger partial charge < -0.3 is 5.32 Å². The molecule has 1 atom stereocenters. The minimum absolute atomic E-state index is 0.357. The molecule has 0 spiro atoms.